The van der Waals surface area contributed by atoms with Gasteiger partial charge in [-0.25, -0.2) is 0 Å². The highest BCUT2D eigenvalue weighted by Crippen LogP contribution is 2.05. The van der Waals surface area contributed by atoms with Gasteiger partial charge in [-0.15, -0.1) is 0 Å². The van der Waals surface area contributed by atoms with E-state index >= 15 is 0 Å². The van der Waals surface area contributed by atoms with Crippen molar-refractivity contribution in [3.63, 3.8) is 0 Å². The average Bonchev–Trinajstić information content (AvgIpc) is 2.02. The molecule has 0 aliphatic rings. The minimum absolute atomic E-state index is 0.543. The van der Waals surface area contributed by atoms with Crippen LogP contribution < -0.4 is 0 Å². The monoisotopic (exact) mass is 171 g/mol. The van der Waals surface area contributed by atoms with Crippen LogP contribution in [-0.2, 0) is 4.79 Å². The lowest BCUT2D eigenvalue weighted by atomic mass is 10.1. The molecule has 0 rings (SSSR count). The van der Waals surface area contributed by atoms with Crippen LogP contribution in [0.5, 0.6) is 0 Å². The van der Waals surface area contributed by atoms with E-state index in [9.17, 15) is 4.79 Å². The fraction of sp³-hybridized carbons (Fsp3) is 0.900. The summed E-state index contributed by atoms with van der Waals surface area (Å²) in [7, 11) is 2.14. The second kappa shape index (κ2) is 7.29. The highest BCUT2D eigenvalue weighted by atomic mass is 16.1. The van der Waals surface area contributed by atoms with Crippen molar-refractivity contribution in [2.24, 2.45) is 5.92 Å². The molecule has 0 saturated carbocycles. The minimum atomic E-state index is 0.543. The summed E-state index contributed by atoms with van der Waals surface area (Å²) in [5.41, 5.74) is 0. The molecule has 0 aliphatic heterocycles. The summed E-state index contributed by atoms with van der Waals surface area (Å²) in [4.78, 5) is 12.5. The van der Waals surface area contributed by atoms with Crippen LogP contribution in [0.1, 0.15) is 33.1 Å². The highest BCUT2D eigenvalue weighted by Gasteiger charge is 2.02. The van der Waals surface area contributed by atoms with Crippen LogP contribution in [0.4, 0.5) is 0 Å². The molecule has 12 heavy (non-hydrogen) atoms. The van der Waals surface area contributed by atoms with Crippen LogP contribution >= 0.6 is 0 Å². The Hall–Kier alpha value is -0.370. The Bertz CT molecular complexity index is 114. The van der Waals surface area contributed by atoms with Gasteiger partial charge in [-0.1, -0.05) is 13.8 Å². The predicted octanol–water partition coefficient (Wildman–Crippen LogP) is 1.94. The molecule has 0 aliphatic carbocycles. The molecule has 0 bridgehead atoms. The fourth-order valence-electron chi connectivity index (χ4n) is 1.22. The molecule has 0 aromatic heterocycles. The van der Waals surface area contributed by atoms with Gasteiger partial charge in [-0.05, 0) is 38.9 Å². The van der Waals surface area contributed by atoms with Crippen molar-refractivity contribution in [3.05, 3.63) is 0 Å². The van der Waals surface area contributed by atoms with Crippen molar-refractivity contribution < 1.29 is 4.79 Å². The smallest absolute Gasteiger partial charge is 0.120 e. The maximum Gasteiger partial charge on any atom is 0.120 e. The molecule has 0 saturated heterocycles. The number of carbonyl (C=O) groups excluding carboxylic acids is 1. The molecule has 72 valence electrons. The molecular weight excluding hydrogens is 150 g/mol. The zero-order valence-corrected chi connectivity index (χ0v) is 8.55. The topological polar surface area (TPSA) is 20.3 Å². The maximum absolute atomic E-state index is 10.2. The van der Waals surface area contributed by atoms with Gasteiger partial charge in [-0.2, -0.15) is 0 Å². The molecule has 0 amide bonds. The quantitative estimate of drug-likeness (QED) is 0.546. The lowest BCUT2D eigenvalue weighted by Gasteiger charge is -2.17. The van der Waals surface area contributed by atoms with E-state index in [2.05, 4.69) is 25.8 Å². The first-order valence-electron chi connectivity index (χ1n) is 4.82. The number of rotatable bonds is 7. The van der Waals surface area contributed by atoms with Gasteiger partial charge in [-0.3, -0.25) is 0 Å². The van der Waals surface area contributed by atoms with E-state index in [1.54, 1.807) is 0 Å². The van der Waals surface area contributed by atoms with Crippen molar-refractivity contribution in [1.29, 1.82) is 0 Å². The molecule has 0 aromatic carbocycles. The van der Waals surface area contributed by atoms with Gasteiger partial charge in [0, 0.05) is 6.42 Å². The molecule has 2 nitrogen and oxygen atoms in total. The number of aldehydes is 1. The Morgan fingerprint density at radius 1 is 1.42 bits per heavy atom. The summed E-state index contributed by atoms with van der Waals surface area (Å²) in [6.45, 7) is 6.59. The fourth-order valence-corrected chi connectivity index (χ4v) is 1.22. The van der Waals surface area contributed by atoms with Crippen LogP contribution in [0.25, 0.3) is 0 Å². The van der Waals surface area contributed by atoms with E-state index < -0.39 is 0 Å². The minimum Gasteiger partial charge on any atom is -0.306 e. The second-order valence-electron chi connectivity index (χ2n) is 3.60. The predicted molar refractivity (Wildman–Crippen MR) is 52.3 cm³/mol. The second-order valence-corrected chi connectivity index (χ2v) is 3.60. The lowest BCUT2D eigenvalue weighted by Crippen LogP contribution is -2.22. The number of hydrogen-bond donors (Lipinski definition) is 0. The molecule has 0 aromatic rings. The van der Waals surface area contributed by atoms with Crippen molar-refractivity contribution in [2.75, 3.05) is 20.1 Å². The molecule has 0 N–H and O–H groups in total. The molecule has 0 fully saturated rings. The largest absolute Gasteiger partial charge is 0.306 e. The standard InChI is InChI=1S/C10H21NO/c1-4-7-11(3)8-5-10(2)6-9-12/h9-10H,4-8H2,1-3H3. The Morgan fingerprint density at radius 3 is 2.58 bits per heavy atom. The Kier molecular flexibility index (Phi) is 7.06. The van der Waals surface area contributed by atoms with Crippen LogP contribution in [0.15, 0.2) is 0 Å². The van der Waals surface area contributed by atoms with E-state index in [0.29, 0.717) is 12.3 Å². The van der Waals surface area contributed by atoms with E-state index in [1.165, 1.54) is 6.42 Å². The molecule has 1 unspecified atom stereocenters. The number of hydrogen-bond acceptors (Lipinski definition) is 2. The first-order valence-corrected chi connectivity index (χ1v) is 4.82. The Morgan fingerprint density at radius 2 is 2.08 bits per heavy atom. The van der Waals surface area contributed by atoms with Gasteiger partial charge in [0.25, 0.3) is 0 Å². The van der Waals surface area contributed by atoms with Gasteiger partial charge in [0.2, 0.25) is 0 Å². The summed E-state index contributed by atoms with van der Waals surface area (Å²) < 4.78 is 0. The van der Waals surface area contributed by atoms with E-state index in [4.69, 9.17) is 0 Å². The van der Waals surface area contributed by atoms with E-state index in [1.807, 2.05) is 0 Å². The van der Waals surface area contributed by atoms with Crippen molar-refractivity contribution in [2.45, 2.75) is 33.1 Å². The third-order valence-electron chi connectivity index (χ3n) is 2.11. The summed E-state index contributed by atoms with van der Waals surface area (Å²) >= 11 is 0. The summed E-state index contributed by atoms with van der Waals surface area (Å²) in [6, 6.07) is 0. The van der Waals surface area contributed by atoms with Crippen LogP contribution in [0.2, 0.25) is 0 Å². The summed E-state index contributed by atoms with van der Waals surface area (Å²) in [5, 5.41) is 0. The molecule has 1 atom stereocenters. The average molecular weight is 171 g/mol. The van der Waals surface area contributed by atoms with Gasteiger partial charge in [0.05, 0.1) is 0 Å². The highest BCUT2D eigenvalue weighted by molar-refractivity contribution is 5.49. The van der Waals surface area contributed by atoms with Crippen LogP contribution in [0.3, 0.4) is 0 Å². The first-order chi connectivity index (χ1) is 5.70. The van der Waals surface area contributed by atoms with Gasteiger partial charge in [0.15, 0.2) is 0 Å². The summed E-state index contributed by atoms with van der Waals surface area (Å²) in [5.74, 6) is 0.543. The third-order valence-corrected chi connectivity index (χ3v) is 2.11. The third kappa shape index (κ3) is 6.35. The van der Waals surface area contributed by atoms with Crippen LogP contribution in [-0.4, -0.2) is 31.3 Å². The Labute approximate surface area is 75.9 Å². The number of nitrogens with zero attached hydrogens (tertiary/aromatic N) is 1. The zero-order chi connectivity index (χ0) is 9.40. The molecule has 0 radical (unpaired) electrons. The molecule has 0 heterocycles. The van der Waals surface area contributed by atoms with E-state index in [-0.39, 0.29) is 0 Å². The zero-order valence-electron chi connectivity index (χ0n) is 8.55. The van der Waals surface area contributed by atoms with Crippen LogP contribution in [0, 0.1) is 5.92 Å². The normalized spacial score (nSPS) is 13.3. The van der Waals surface area contributed by atoms with Gasteiger partial charge in [0.1, 0.15) is 6.29 Å². The van der Waals surface area contributed by atoms with Gasteiger partial charge < -0.3 is 9.69 Å². The lowest BCUT2D eigenvalue weighted by molar-refractivity contribution is -0.108. The SMILES string of the molecule is CCCN(C)CCC(C)CC=O. The van der Waals surface area contributed by atoms with E-state index in [0.717, 1.165) is 25.8 Å². The summed E-state index contributed by atoms with van der Waals surface area (Å²) in [6.07, 6.45) is 4.07. The molecule has 0 spiro atoms. The van der Waals surface area contributed by atoms with Gasteiger partial charge >= 0.3 is 0 Å². The first kappa shape index (κ1) is 11.6. The number of carbonyl (C=O) groups is 1. The maximum atomic E-state index is 10.2. The van der Waals surface area contributed by atoms with Crippen molar-refractivity contribution in [3.8, 4) is 0 Å². The Balaban J connectivity index is 3.32. The molecule has 2 heteroatoms. The van der Waals surface area contributed by atoms with Crippen molar-refractivity contribution >= 4 is 6.29 Å². The van der Waals surface area contributed by atoms with Crippen molar-refractivity contribution in [1.82, 2.24) is 4.90 Å². The molecular formula is C10H21NO.